The van der Waals surface area contributed by atoms with Gasteiger partial charge in [-0.05, 0) is 48.4 Å². The van der Waals surface area contributed by atoms with Gasteiger partial charge in [0.1, 0.15) is 0 Å². The second kappa shape index (κ2) is 4.63. The third-order valence-corrected chi connectivity index (χ3v) is 3.70. The predicted octanol–water partition coefficient (Wildman–Crippen LogP) is 4.23. The van der Waals surface area contributed by atoms with Crippen LogP contribution in [-0.4, -0.2) is 4.57 Å². The molecule has 0 bridgehead atoms. The summed E-state index contributed by atoms with van der Waals surface area (Å²) < 4.78 is 2.19. The van der Waals surface area contributed by atoms with Gasteiger partial charge < -0.3 is 10.3 Å². The SMILES string of the molecule is Cc1ccc(Cn2ccc3cc(N)ccc32)c(Cl)c1. The van der Waals surface area contributed by atoms with Gasteiger partial charge in [-0.25, -0.2) is 0 Å². The normalized spacial score (nSPS) is 11.1. The van der Waals surface area contributed by atoms with Gasteiger partial charge in [-0.3, -0.25) is 0 Å². The Balaban J connectivity index is 2.01. The highest BCUT2D eigenvalue weighted by molar-refractivity contribution is 6.31. The second-order valence-electron chi connectivity index (χ2n) is 4.86. The summed E-state index contributed by atoms with van der Waals surface area (Å²) in [4.78, 5) is 0. The van der Waals surface area contributed by atoms with Crippen molar-refractivity contribution in [3.63, 3.8) is 0 Å². The molecule has 1 aromatic heterocycles. The summed E-state index contributed by atoms with van der Waals surface area (Å²) in [5, 5.41) is 1.97. The first-order valence-corrected chi connectivity index (χ1v) is 6.61. The smallest absolute Gasteiger partial charge is 0.0490 e. The van der Waals surface area contributed by atoms with Crippen molar-refractivity contribution < 1.29 is 0 Å². The van der Waals surface area contributed by atoms with Crippen LogP contribution in [0.2, 0.25) is 5.02 Å². The van der Waals surface area contributed by atoms with Gasteiger partial charge in [0.05, 0.1) is 0 Å². The lowest BCUT2D eigenvalue weighted by Crippen LogP contribution is -1.99. The summed E-state index contributed by atoms with van der Waals surface area (Å²) in [5.41, 5.74) is 10.1. The average molecular weight is 271 g/mol. The van der Waals surface area contributed by atoms with E-state index >= 15 is 0 Å². The molecule has 2 aromatic carbocycles. The summed E-state index contributed by atoms with van der Waals surface area (Å²) in [6, 6.07) is 14.2. The molecule has 0 amide bonds. The van der Waals surface area contributed by atoms with Crippen LogP contribution in [0.1, 0.15) is 11.1 Å². The molecule has 3 aromatic rings. The molecule has 2 nitrogen and oxygen atoms in total. The zero-order chi connectivity index (χ0) is 13.4. The Morgan fingerprint density at radius 1 is 1.11 bits per heavy atom. The lowest BCUT2D eigenvalue weighted by molar-refractivity contribution is 0.837. The highest BCUT2D eigenvalue weighted by Gasteiger charge is 2.05. The molecule has 3 rings (SSSR count). The van der Waals surface area contributed by atoms with E-state index in [4.69, 9.17) is 17.3 Å². The summed E-state index contributed by atoms with van der Waals surface area (Å²) in [7, 11) is 0. The van der Waals surface area contributed by atoms with E-state index in [1.54, 1.807) is 0 Å². The van der Waals surface area contributed by atoms with Crippen LogP contribution in [-0.2, 0) is 6.54 Å². The summed E-state index contributed by atoms with van der Waals surface area (Å²) in [6.45, 7) is 2.82. The Bertz CT molecular complexity index is 744. The van der Waals surface area contributed by atoms with E-state index in [9.17, 15) is 0 Å². The number of hydrogen-bond acceptors (Lipinski definition) is 1. The molecular formula is C16H15ClN2. The van der Waals surface area contributed by atoms with E-state index in [1.807, 2.05) is 31.2 Å². The van der Waals surface area contributed by atoms with Gasteiger partial charge in [0.15, 0.2) is 0 Å². The highest BCUT2D eigenvalue weighted by Crippen LogP contribution is 2.23. The average Bonchev–Trinajstić information content (AvgIpc) is 2.75. The highest BCUT2D eigenvalue weighted by atomic mass is 35.5. The van der Waals surface area contributed by atoms with Gasteiger partial charge in [-0.15, -0.1) is 0 Å². The number of halogens is 1. The molecule has 0 atom stereocenters. The number of hydrogen-bond donors (Lipinski definition) is 1. The number of anilines is 1. The maximum atomic E-state index is 6.29. The molecule has 0 aliphatic rings. The molecule has 1 heterocycles. The fraction of sp³-hybridized carbons (Fsp3) is 0.125. The predicted molar refractivity (Wildman–Crippen MR) is 81.6 cm³/mol. The standard InChI is InChI=1S/C16H15ClN2/c1-11-2-3-13(15(17)8-11)10-19-7-6-12-9-14(18)4-5-16(12)19/h2-9H,10,18H2,1H3. The van der Waals surface area contributed by atoms with Crippen molar-refractivity contribution in [3.8, 4) is 0 Å². The first-order valence-electron chi connectivity index (χ1n) is 6.23. The molecule has 0 saturated carbocycles. The molecule has 0 aliphatic carbocycles. The molecule has 96 valence electrons. The van der Waals surface area contributed by atoms with Crippen molar-refractivity contribution in [2.24, 2.45) is 0 Å². The topological polar surface area (TPSA) is 30.9 Å². The van der Waals surface area contributed by atoms with Crippen molar-refractivity contribution >= 4 is 28.2 Å². The quantitative estimate of drug-likeness (QED) is 0.694. The van der Waals surface area contributed by atoms with Crippen LogP contribution in [0.15, 0.2) is 48.7 Å². The summed E-state index contributed by atoms with van der Waals surface area (Å²) in [6.07, 6.45) is 2.07. The van der Waals surface area contributed by atoms with Gasteiger partial charge >= 0.3 is 0 Å². The van der Waals surface area contributed by atoms with Crippen LogP contribution >= 0.6 is 11.6 Å². The Hall–Kier alpha value is -1.93. The Morgan fingerprint density at radius 3 is 2.74 bits per heavy atom. The molecule has 0 saturated heterocycles. The van der Waals surface area contributed by atoms with Crippen molar-refractivity contribution in [3.05, 3.63) is 64.8 Å². The summed E-state index contributed by atoms with van der Waals surface area (Å²) in [5.74, 6) is 0. The van der Waals surface area contributed by atoms with Crippen LogP contribution in [0.3, 0.4) is 0 Å². The van der Waals surface area contributed by atoms with E-state index in [0.717, 1.165) is 28.2 Å². The van der Waals surface area contributed by atoms with Gasteiger partial charge in [0.25, 0.3) is 0 Å². The van der Waals surface area contributed by atoms with Crippen LogP contribution in [0.5, 0.6) is 0 Å². The number of benzene rings is 2. The van der Waals surface area contributed by atoms with E-state index in [2.05, 4.69) is 29.0 Å². The minimum Gasteiger partial charge on any atom is -0.399 e. The molecule has 0 aliphatic heterocycles. The maximum absolute atomic E-state index is 6.29. The number of nitrogens with two attached hydrogens (primary N) is 1. The summed E-state index contributed by atoms with van der Waals surface area (Å²) >= 11 is 6.29. The second-order valence-corrected chi connectivity index (χ2v) is 5.26. The minimum atomic E-state index is 0.770. The van der Waals surface area contributed by atoms with Gasteiger partial charge in [-0.2, -0.15) is 0 Å². The van der Waals surface area contributed by atoms with Crippen LogP contribution in [0, 0.1) is 6.92 Å². The van der Waals surface area contributed by atoms with Crippen molar-refractivity contribution in [2.75, 3.05) is 5.73 Å². The van der Waals surface area contributed by atoms with E-state index in [0.29, 0.717) is 0 Å². The van der Waals surface area contributed by atoms with E-state index in [1.165, 1.54) is 11.1 Å². The van der Waals surface area contributed by atoms with Gasteiger partial charge in [0.2, 0.25) is 0 Å². The van der Waals surface area contributed by atoms with Crippen molar-refractivity contribution in [2.45, 2.75) is 13.5 Å². The lowest BCUT2D eigenvalue weighted by Gasteiger charge is -2.08. The fourth-order valence-electron chi connectivity index (χ4n) is 2.32. The third kappa shape index (κ3) is 2.32. The maximum Gasteiger partial charge on any atom is 0.0490 e. The van der Waals surface area contributed by atoms with Crippen molar-refractivity contribution in [1.82, 2.24) is 4.57 Å². The number of aryl methyl sites for hydroxylation is 1. The van der Waals surface area contributed by atoms with Crippen LogP contribution in [0.4, 0.5) is 5.69 Å². The largest absolute Gasteiger partial charge is 0.399 e. The Kier molecular flexibility index (Phi) is 2.96. The number of aromatic nitrogens is 1. The molecule has 0 radical (unpaired) electrons. The molecule has 0 spiro atoms. The number of rotatable bonds is 2. The monoisotopic (exact) mass is 270 g/mol. The third-order valence-electron chi connectivity index (χ3n) is 3.34. The van der Waals surface area contributed by atoms with E-state index < -0.39 is 0 Å². The Labute approximate surface area is 117 Å². The van der Waals surface area contributed by atoms with Crippen LogP contribution in [0.25, 0.3) is 10.9 Å². The minimum absolute atomic E-state index is 0.770. The number of nitrogens with zero attached hydrogens (tertiary/aromatic N) is 1. The zero-order valence-electron chi connectivity index (χ0n) is 10.7. The van der Waals surface area contributed by atoms with Crippen molar-refractivity contribution in [1.29, 1.82) is 0 Å². The van der Waals surface area contributed by atoms with Gasteiger partial charge in [0, 0.05) is 34.4 Å². The van der Waals surface area contributed by atoms with E-state index in [-0.39, 0.29) is 0 Å². The first-order chi connectivity index (χ1) is 9.13. The fourth-order valence-corrected chi connectivity index (χ4v) is 2.62. The van der Waals surface area contributed by atoms with Gasteiger partial charge in [-0.1, -0.05) is 23.7 Å². The molecule has 3 heteroatoms. The van der Waals surface area contributed by atoms with Crippen LogP contribution < -0.4 is 5.73 Å². The first kappa shape index (κ1) is 12.1. The number of fused-ring (bicyclic) bond motifs is 1. The molecule has 0 fully saturated rings. The number of nitrogen functional groups attached to an aromatic ring is 1. The zero-order valence-corrected chi connectivity index (χ0v) is 11.5. The molecule has 2 N–H and O–H groups in total. The Morgan fingerprint density at radius 2 is 1.95 bits per heavy atom. The lowest BCUT2D eigenvalue weighted by atomic mass is 10.1. The molecular weight excluding hydrogens is 256 g/mol. The molecule has 19 heavy (non-hydrogen) atoms. The molecule has 0 unspecified atom stereocenters.